The van der Waals surface area contributed by atoms with Crippen LogP contribution in [-0.2, 0) is 16.0 Å². The third-order valence-electron chi connectivity index (χ3n) is 6.75. The van der Waals surface area contributed by atoms with Gasteiger partial charge >= 0.3 is 12.6 Å². The van der Waals surface area contributed by atoms with Crippen LogP contribution in [0.4, 0.5) is 8.78 Å². The zero-order valence-electron chi connectivity index (χ0n) is 21.8. The maximum absolute atomic E-state index is 13.2. The predicted molar refractivity (Wildman–Crippen MR) is 151 cm³/mol. The molecule has 2 aliphatic rings. The highest BCUT2D eigenvalue weighted by Crippen LogP contribution is 2.38. The first-order chi connectivity index (χ1) is 20.4. The number of benzene rings is 2. The Hall–Kier alpha value is -3.38. The van der Waals surface area contributed by atoms with Crippen LogP contribution in [0.25, 0.3) is 0 Å². The third-order valence-corrected chi connectivity index (χ3v) is 8.12. The molecule has 0 spiro atoms. The van der Waals surface area contributed by atoms with Crippen molar-refractivity contribution in [1.82, 2.24) is 4.90 Å². The van der Waals surface area contributed by atoms with Crippen molar-refractivity contribution in [3.63, 3.8) is 0 Å². The minimum atomic E-state index is -3.12. The Labute approximate surface area is 263 Å². The summed E-state index contributed by atoms with van der Waals surface area (Å²) in [7, 11) is 0. The van der Waals surface area contributed by atoms with Gasteiger partial charge in [-0.3, -0.25) is 19.3 Å². The van der Waals surface area contributed by atoms with Crippen LogP contribution in [0.5, 0.6) is 11.5 Å². The van der Waals surface area contributed by atoms with Crippen molar-refractivity contribution >= 4 is 64.2 Å². The zero-order chi connectivity index (χ0) is 31.0. The highest BCUT2D eigenvalue weighted by Gasteiger charge is 2.38. The number of rotatable bonds is 11. The number of fused-ring (bicyclic) bond motifs is 1. The molecule has 1 unspecified atom stereocenters. The van der Waals surface area contributed by atoms with Gasteiger partial charge in [-0.2, -0.15) is 13.5 Å². The van der Waals surface area contributed by atoms with Crippen LogP contribution in [-0.4, -0.2) is 42.4 Å². The van der Waals surface area contributed by atoms with Gasteiger partial charge in [0.05, 0.1) is 27.8 Å². The lowest BCUT2D eigenvalue weighted by molar-refractivity contribution is -0.605. The number of esters is 1. The smallest absolute Gasteiger partial charge is 0.387 e. The third kappa shape index (κ3) is 7.06. The molecule has 43 heavy (non-hydrogen) atoms. The van der Waals surface area contributed by atoms with E-state index in [1.165, 1.54) is 30.3 Å². The van der Waals surface area contributed by atoms with E-state index < -0.39 is 37.0 Å². The molecule has 1 aromatic heterocycles. The quantitative estimate of drug-likeness (QED) is 0.0995. The molecule has 9 nitrogen and oxygen atoms in total. The van der Waals surface area contributed by atoms with Gasteiger partial charge in [0, 0.05) is 12.0 Å². The van der Waals surface area contributed by atoms with E-state index in [1.807, 2.05) is 0 Å². The summed E-state index contributed by atoms with van der Waals surface area (Å²) in [4.78, 5) is 39.7. The molecule has 0 saturated heterocycles. The average molecular weight is 676 g/mol. The largest absolute Gasteiger partial charge is 0.619 e. The standard InChI is InChI=1S/C28H20Cl4F2N2O7/c29-18-6-15-16(7-19(18)30)27(39)36(26(15)38)11-25(37)42-23(8-17-20(31)9-35(40)10-21(17)32)14-3-4-22(43-28(33)34)24(5-14)41-12-13-1-2-13/h3-7,9-10,13,23,28H,1-2,8,11-12H2. The summed E-state index contributed by atoms with van der Waals surface area (Å²) in [5, 5.41) is 11.8. The highest BCUT2D eigenvalue weighted by atomic mass is 35.5. The Morgan fingerprint density at radius 2 is 1.56 bits per heavy atom. The van der Waals surface area contributed by atoms with Crippen LogP contribution in [0, 0.1) is 11.1 Å². The number of hydrogen-bond donors (Lipinski definition) is 0. The van der Waals surface area contributed by atoms with E-state index in [0.29, 0.717) is 9.63 Å². The van der Waals surface area contributed by atoms with Crippen LogP contribution in [0.2, 0.25) is 20.1 Å². The lowest BCUT2D eigenvalue weighted by Crippen LogP contribution is -2.36. The SMILES string of the molecule is O=C(CN1C(=O)c2cc(Cl)c(Cl)cc2C1=O)OC(Cc1c(Cl)c[n+]([O-])cc1Cl)c1ccc(OC(F)F)c(OCC2CC2)c1. The first kappa shape index (κ1) is 31.1. The average Bonchev–Trinajstić information content (AvgIpc) is 3.74. The number of imide groups is 1. The van der Waals surface area contributed by atoms with Crippen LogP contribution in [0.15, 0.2) is 42.7 Å². The fourth-order valence-electron chi connectivity index (χ4n) is 4.41. The molecule has 2 amide bonds. The van der Waals surface area contributed by atoms with Crippen molar-refractivity contribution < 1.29 is 42.1 Å². The number of halogens is 6. The van der Waals surface area contributed by atoms with E-state index in [1.54, 1.807) is 0 Å². The fourth-order valence-corrected chi connectivity index (χ4v) is 5.34. The van der Waals surface area contributed by atoms with Gasteiger partial charge in [-0.05, 0) is 48.6 Å². The van der Waals surface area contributed by atoms with Gasteiger partial charge in [-0.1, -0.05) is 52.5 Å². The Morgan fingerprint density at radius 1 is 0.953 bits per heavy atom. The van der Waals surface area contributed by atoms with Gasteiger partial charge in [-0.15, -0.1) is 0 Å². The van der Waals surface area contributed by atoms with E-state index in [4.69, 9.17) is 55.9 Å². The van der Waals surface area contributed by atoms with Crippen LogP contribution in [0.1, 0.15) is 50.8 Å². The Kier molecular flexibility index (Phi) is 9.17. The second-order valence-corrected chi connectivity index (χ2v) is 11.5. The molecule has 2 heterocycles. The number of hydrogen-bond acceptors (Lipinski definition) is 7. The number of ether oxygens (including phenoxy) is 3. The van der Waals surface area contributed by atoms with Crippen molar-refractivity contribution in [2.24, 2.45) is 5.92 Å². The van der Waals surface area contributed by atoms with Crippen LogP contribution >= 0.6 is 46.4 Å². The molecule has 1 aliphatic heterocycles. The van der Waals surface area contributed by atoms with Gasteiger partial charge in [0.2, 0.25) is 0 Å². The first-order valence-corrected chi connectivity index (χ1v) is 14.3. The summed E-state index contributed by atoms with van der Waals surface area (Å²) in [5.41, 5.74) is 0.466. The minimum absolute atomic E-state index is 0.0116. The van der Waals surface area contributed by atoms with Gasteiger partial charge in [0.15, 0.2) is 23.9 Å². The van der Waals surface area contributed by atoms with E-state index >= 15 is 0 Å². The van der Waals surface area contributed by atoms with Crippen molar-refractivity contribution in [1.29, 1.82) is 0 Å². The van der Waals surface area contributed by atoms with Gasteiger partial charge in [0.1, 0.15) is 22.7 Å². The molecule has 226 valence electrons. The zero-order valence-corrected chi connectivity index (χ0v) is 24.9. The number of aromatic nitrogens is 1. The lowest BCUT2D eigenvalue weighted by atomic mass is 10.0. The van der Waals surface area contributed by atoms with Crippen LogP contribution < -0.4 is 14.2 Å². The topological polar surface area (TPSA) is 109 Å². The van der Waals surface area contributed by atoms with E-state index in [-0.39, 0.29) is 72.8 Å². The molecular formula is C28H20Cl4F2N2O7. The molecule has 1 atom stereocenters. The Bertz CT molecular complexity index is 1560. The lowest BCUT2D eigenvalue weighted by Gasteiger charge is -2.22. The van der Waals surface area contributed by atoms with E-state index in [0.717, 1.165) is 25.2 Å². The number of amides is 2. The maximum atomic E-state index is 13.2. The number of carbonyl (C=O) groups is 3. The second-order valence-electron chi connectivity index (χ2n) is 9.82. The van der Waals surface area contributed by atoms with Crippen LogP contribution in [0.3, 0.4) is 0 Å². The molecule has 0 N–H and O–H groups in total. The summed E-state index contributed by atoms with van der Waals surface area (Å²) >= 11 is 24.5. The van der Waals surface area contributed by atoms with E-state index in [2.05, 4.69) is 4.74 Å². The molecular weight excluding hydrogens is 656 g/mol. The number of pyridine rings is 1. The second kappa shape index (κ2) is 12.7. The molecule has 3 aromatic rings. The number of alkyl halides is 2. The first-order valence-electron chi connectivity index (χ1n) is 12.7. The minimum Gasteiger partial charge on any atom is -0.619 e. The van der Waals surface area contributed by atoms with Crippen molar-refractivity contribution in [3.8, 4) is 11.5 Å². The summed E-state index contributed by atoms with van der Waals surface area (Å²) in [5.74, 6) is -2.50. The summed E-state index contributed by atoms with van der Waals surface area (Å²) < 4.78 is 42.6. The molecule has 1 saturated carbocycles. The maximum Gasteiger partial charge on any atom is 0.387 e. The Morgan fingerprint density at radius 3 is 2.12 bits per heavy atom. The Balaban J connectivity index is 1.44. The predicted octanol–water partition coefficient (Wildman–Crippen LogP) is 6.45. The number of nitrogens with zero attached hydrogens (tertiary/aromatic N) is 2. The van der Waals surface area contributed by atoms with E-state index in [9.17, 15) is 28.4 Å². The highest BCUT2D eigenvalue weighted by molar-refractivity contribution is 6.43. The van der Waals surface area contributed by atoms with Gasteiger partial charge in [0.25, 0.3) is 11.8 Å². The molecule has 1 aliphatic carbocycles. The monoisotopic (exact) mass is 674 g/mol. The molecule has 1 fully saturated rings. The molecule has 0 radical (unpaired) electrons. The molecule has 2 aromatic carbocycles. The summed E-state index contributed by atoms with van der Waals surface area (Å²) in [6.07, 6.45) is 2.63. The van der Waals surface area contributed by atoms with Crippen molar-refractivity contribution in [2.45, 2.75) is 32.0 Å². The normalized spacial score (nSPS) is 15.1. The van der Waals surface area contributed by atoms with Crippen molar-refractivity contribution in [2.75, 3.05) is 13.2 Å². The summed E-state index contributed by atoms with van der Waals surface area (Å²) in [6, 6.07) is 6.47. The van der Waals surface area contributed by atoms with Crippen molar-refractivity contribution in [3.05, 3.63) is 90.3 Å². The fraction of sp³-hybridized carbons (Fsp3) is 0.286. The van der Waals surface area contributed by atoms with Gasteiger partial charge < -0.3 is 19.4 Å². The molecule has 15 heteroatoms. The summed E-state index contributed by atoms with van der Waals surface area (Å²) in [6.45, 7) is -3.62. The number of carbonyl (C=O) groups excluding carboxylic acids is 3. The van der Waals surface area contributed by atoms with Gasteiger partial charge in [-0.25, -0.2) is 0 Å². The molecule has 0 bridgehead atoms. The molecule has 5 rings (SSSR count).